The minimum atomic E-state index is -4.89. The van der Waals surface area contributed by atoms with Crippen molar-refractivity contribution in [2.45, 2.75) is 11.3 Å². The maximum atomic E-state index is 12.2. The van der Waals surface area contributed by atoms with Gasteiger partial charge in [-0.2, -0.15) is 8.42 Å². The molecule has 0 aromatic heterocycles. The monoisotopic (exact) mass is 376 g/mol. The molecular formula is C15H11F3O6S. The van der Waals surface area contributed by atoms with Gasteiger partial charge in [-0.3, -0.25) is 0 Å². The Morgan fingerprint density at radius 3 is 2.16 bits per heavy atom. The number of ether oxygens (including phenoxy) is 2. The van der Waals surface area contributed by atoms with Crippen molar-refractivity contribution in [3.05, 3.63) is 54.1 Å². The number of para-hydroxylation sites is 1. The third-order valence-corrected chi connectivity index (χ3v) is 4.09. The quantitative estimate of drug-likeness (QED) is 0.589. The van der Waals surface area contributed by atoms with Crippen LogP contribution < -0.4 is 8.92 Å². The van der Waals surface area contributed by atoms with E-state index < -0.39 is 33.1 Å². The van der Waals surface area contributed by atoms with Crippen molar-refractivity contribution in [1.82, 2.24) is 0 Å². The molecule has 0 unspecified atom stereocenters. The van der Waals surface area contributed by atoms with Crippen molar-refractivity contribution < 1.29 is 40.0 Å². The second-order valence-electron chi connectivity index (χ2n) is 4.54. The van der Waals surface area contributed by atoms with Crippen LogP contribution in [0.3, 0.4) is 0 Å². The van der Waals surface area contributed by atoms with E-state index in [1.807, 2.05) is 0 Å². The molecule has 2 aromatic rings. The number of benzene rings is 2. The van der Waals surface area contributed by atoms with Crippen LogP contribution in [0.15, 0.2) is 53.4 Å². The summed E-state index contributed by atoms with van der Waals surface area (Å²) in [6.07, 6.45) is -4.89. The lowest BCUT2D eigenvalue weighted by molar-refractivity contribution is -0.274. The Balaban J connectivity index is 2.27. The molecule has 0 heterocycles. The third kappa shape index (κ3) is 4.86. The molecule has 2 aromatic carbocycles. The number of carbonyl (C=O) groups excluding carboxylic acids is 1. The van der Waals surface area contributed by atoms with E-state index in [1.165, 1.54) is 24.3 Å². The molecule has 0 aliphatic rings. The number of carbonyl (C=O) groups is 1. The van der Waals surface area contributed by atoms with Crippen LogP contribution in [0.2, 0.25) is 0 Å². The van der Waals surface area contributed by atoms with Gasteiger partial charge in [0.05, 0.1) is 7.11 Å². The van der Waals surface area contributed by atoms with Gasteiger partial charge in [-0.05, 0) is 36.4 Å². The maximum absolute atomic E-state index is 12.2. The number of hydrogen-bond donors (Lipinski definition) is 0. The predicted octanol–water partition coefficient (Wildman–Crippen LogP) is 3.14. The number of hydrogen-bond acceptors (Lipinski definition) is 6. The molecule has 0 fully saturated rings. The Hall–Kier alpha value is -2.75. The molecule has 6 nitrogen and oxygen atoms in total. The van der Waals surface area contributed by atoms with E-state index in [1.54, 1.807) is 0 Å². The number of alkyl halides is 3. The fourth-order valence-corrected chi connectivity index (χ4v) is 2.74. The van der Waals surface area contributed by atoms with Gasteiger partial charge >= 0.3 is 22.4 Å². The van der Waals surface area contributed by atoms with Gasteiger partial charge in [0, 0.05) is 0 Å². The number of esters is 1. The molecule has 134 valence electrons. The molecule has 0 spiro atoms. The summed E-state index contributed by atoms with van der Waals surface area (Å²) in [6, 6.07) is 8.90. The smallest absolute Gasteiger partial charge is 0.465 e. The van der Waals surface area contributed by atoms with Crippen molar-refractivity contribution in [2.24, 2.45) is 0 Å². The zero-order valence-corrected chi connectivity index (χ0v) is 13.4. The van der Waals surface area contributed by atoms with E-state index in [4.69, 9.17) is 4.18 Å². The zero-order valence-electron chi connectivity index (χ0n) is 12.6. The highest BCUT2D eigenvalue weighted by molar-refractivity contribution is 7.87. The summed E-state index contributed by atoms with van der Waals surface area (Å²) in [7, 11) is -3.26. The van der Waals surface area contributed by atoms with Crippen molar-refractivity contribution in [3.63, 3.8) is 0 Å². The summed E-state index contributed by atoms with van der Waals surface area (Å²) in [4.78, 5) is 11.2. The lowest BCUT2D eigenvalue weighted by Crippen LogP contribution is -2.17. The second kappa shape index (κ2) is 7.01. The minimum Gasteiger partial charge on any atom is -0.465 e. The Morgan fingerprint density at radius 1 is 1.00 bits per heavy atom. The number of methoxy groups -OCH3 is 1. The molecule has 10 heteroatoms. The lowest BCUT2D eigenvalue weighted by atomic mass is 10.2. The van der Waals surface area contributed by atoms with E-state index in [0.717, 1.165) is 31.4 Å². The van der Waals surface area contributed by atoms with Crippen molar-refractivity contribution in [2.75, 3.05) is 7.11 Å². The molecule has 2 rings (SSSR count). The maximum Gasteiger partial charge on any atom is 0.573 e. The Bertz CT molecular complexity index is 860. The summed E-state index contributed by atoms with van der Waals surface area (Å²) in [5.41, 5.74) is -0.120. The molecule has 0 amide bonds. The highest BCUT2D eigenvalue weighted by Crippen LogP contribution is 2.26. The molecule has 0 saturated carbocycles. The Kier molecular flexibility index (Phi) is 5.21. The third-order valence-electron chi connectivity index (χ3n) is 2.84. The highest BCUT2D eigenvalue weighted by atomic mass is 32.2. The average Bonchev–Trinajstić information content (AvgIpc) is 2.53. The molecule has 0 atom stereocenters. The van der Waals surface area contributed by atoms with Crippen molar-refractivity contribution in [1.29, 1.82) is 0 Å². The largest absolute Gasteiger partial charge is 0.573 e. The first-order chi connectivity index (χ1) is 11.6. The van der Waals surface area contributed by atoms with Gasteiger partial charge in [0.15, 0.2) is 5.75 Å². The zero-order chi connectivity index (χ0) is 18.7. The SMILES string of the molecule is COC(=O)c1ccccc1OS(=O)(=O)c1ccc(OC(F)(F)F)cc1. The van der Waals surface area contributed by atoms with Crippen LogP contribution in [-0.2, 0) is 14.9 Å². The fraction of sp³-hybridized carbons (Fsp3) is 0.133. The lowest BCUT2D eigenvalue weighted by Gasteiger charge is -2.11. The average molecular weight is 376 g/mol. The van der Waals surface area contributed by atoms with E-state index in [-0.39, 0.29) is 11.3 Å². The van der Waals surface area contributed by atoms with E-state index in [0.29, 0.717) is 0 Å². The molecule has 0 aliphatic heterocycles. The van der Waals surface area contributed by atoms with Crippen LogP contribution in [0.4, 0.5) is 13.2 Å². The minimum absolute atomic E-state index is 0.120. The first-order valence-corrected chi connectivity index (χ1v) is 8.01. The first kappa shape index (κ1) is 18.6. The van der Waals surface area contributed by atoms with Crippen molar-refractivity contribution >= 4 is 16.1 Å². The predicted molar refractivity (Wildman–Crippen MR) is 78.7 cm³/mol. The summed E-state index contributed by atoms with van der Waals surface area (Å²) in [6.45, 7) is 0. The van der Waals surface area contributed by atoms with Gasteiger partial charge in [-0.25, -0.2) is 4.79 Å². The van der Waals surface area contributed by atoms with Gasteiger partial charge in [0.25, 0.3) is 0 Å². The van der Waals surface area contributed by atoms with Gasteiger partial charge < -0.3 is 13.7 Å². The van der Waals surface area contributed by atoms with Crippen LogP contribution in [0.1, 0.15) is 10.4 Å². The fourth-order valence-electron chi connectivity index (χ4n) is 1.79. The van der Waals surface area contributed by atoms with Gasteiger partial charge in [0.2, 0.25) is 0 Å². The van der Waals surface area contributed by atoms with Crippen LogP contribution in [0.25, 0.3) is 0 Å². The first-order valence-electron chi connectivity index (χ1n) is 6.60. The van der Waals surface area contributed by atoms with Gasteiger partial charge in [0.1, 0.15) is 16.2 Å². The molecule has 0 bridgehead atoms. The molecule has 0 N–H and O–H groups in total. The highest BCUT2D eigenvalue weighted by Gasteiger charge is 2.31. The molecule has 0 radical (unpaired) electrons. The second-order valence-corrected chi connectivity index (χ2v) is 6.09. The van der Waals surface area contributed by atoms with Crippen LogP contribution in [0.5, 0.6) is 11.5 Å². The molecular weight excluding hydrogens is 365 g/mol. The van der Waals surface area contributed by atoms with Gasteiger partial charge in [-0.15, -0.1) is 13.2 Å². The summed E-state index contributed by atoms with van der Waals surface area (Å²) in [5, 5.41) is 0. The standard InChI is InChI=1S/C15H11F3O6S/c1-22-14(19)12-4-2-3-5-13(12)24-25(20,21)11-8-6-10(7-9-11)23-15(16,17)18/h2-9H,1H3. The summed E-state index contributed by atoms with van der Waals surface area (Å²) >= 11 is 0. The summed E-state index contributed by atoms with van der Waals surface area (Å²) < 4.78 is 73.8. The Labute approximate surface area is 140 Å². The van der Waals surface area contributed by atoms with Crippen LogP contribution in [-0.4, -0.2) is 27.9 Å². The number of rotatable bonds is 5. The summed E-state index contributed by atoms with van der Waals surface area (Å²) in [5.74, 6) is -1.66. The topological polar surface area (TPSA) is 78.9 Å². The van der Waals surface area contributed by atoms with Crippen LogP contribution in [0, 0.1) is 0 Å². The van der Waals surface area contributed by atoms with E-state index >= 15 is 0 Å². The van der Waals surface area contributed by atoms with E-state index in [9.17, 15) is 26.4 Å². The van der Waals surface area contributed by atoms with E-state index in [2.05, 4.69) is 9.47 Å². The normalized spacial score (nSPS) is 11.7. The molecule has 0 saturated heterocycles. The van der Waals surface area contributed by atoms with Crippen molar-refractivity contribution in [3.8, 4) is 11.5 Å². The van der Waals surface area contributed by atoms with Gasteiger partial charge in [-0.1, -0.05) is 12.1 Å². The van der Waals surface area contributed by atoms with Crippen LogP contribution >= 0.6 is 0 Å². The molecule has 0 aliphatic carbocycles. The number of halogens is 3. The Morgan fingerprint density at radius 2 is 1.60 bits per heavy atom. The molecule has 25 heavy (non-hydrogen) atoms.